The molecule has 48 nitrogen and oxygen atoms in total. The van der Waals surface area contributed by atoms with E-state index in [4.69, 9.17) is 133 Å². The molecule has 1 aliphatic heterocycles. The van der Waals surface area contributed by atoms with Gasteiger partial charge in [0.15, 0.2) is 11.5 Å². The lowest BCUT2D eigenvalue weighted by Gasteiger charge is -2.35. The lowest BCUT2D eigenvalue weighted by atomic mass is 10.1. The summed E-state index contributed by atoms with van der Waals surface area (Å²) >= 11 is 0. The Hall–Kier alpha value is -6.33. The van der Waals surface area contributed by atoms with E-state index >= 15 is 0 Å². The molecule has 1 heterocycles. The molecule has 0 bridgehead atoms. The van der Waals surface area contributed by atoms with Gasteiger partial charge in [-0.25, -0.2) is 0 Å². The Bertz CT molecular complexity index is 3090. The Kier molecular flexibility index (Phi) is 93.3. The van der Waals surface area contributed by atoms with Gasteiger partial charge in [-0.2, -0.15) is 0 Å². The second-order valence-electron chi connectivity index (χ2n) is 33.5. The van der Waals surface area contributed by atoms with E-state index in [1.165, 1.54) is 12.1 Å². The molecule has 2 rings (SSSR count). The topological polar surface area (TPSA) is 500 Å². The van der Waals surface area contributed by atoms with Gasteiger partial charge in [-0.05, 0) is 53.7 Å². The molecular formula is C99H188N10O38+2. The third-order valence-electron chi connectivity index (χ3n) is 23.1. The van der Waals surface area contributed by atoms with Crippen molar-refractivity contribution in [2.75, 3.05) is 501 Å². The number of methoxy groups -OCH3 is 1. The van der Waals surface area contributed by atoms with Crippen LogP contribution in [0.1, 0.15) is 77.6 Å². The van der Waals surface area contributed by atoms with E-state index in [0.29, 0.717) is 290 Å². The predicted octanol–water partition coefficient (Wildman–Crippen LogP) is 0.693. The maximum atomic E-state index is 14.3. The third-order valence-corrected chi connectivity index (χ3v) is 23.1. The number of benzene rings is 1. The predicted molar refractivity (Wildman–Crippen MR) is 542 cm³/mol. The molecule has 48 heteroatoms. The highest BCUT2D eigenvalue weighted by Crippen LogP contribution is 2.39. The average Bonchev–Trinajstić information content (AvgIpc) is 0.811. The maximum Gasteiger partial charge on any atom is 0.317 e. The summed E-state index contributed by atoms with van der Waals surface area (Å²) in [7, 11) is 1.63. The monoisotopic (exact) mass is 2130 g/mol. The van der Waals surface area contributed by atoms with Crippen molar-refractivity contribution < 1.29 is 190 Å². The molecule has 147 heavy (non-hydrogen) atoms. The molecule has 860 valence electrons. The molecule has 1 fully saturated rings. The molecule has 1 saturated heterocycles. The maximum absolute atomic E-state index is 14.3. The molecule has 0 saturated carbocycles. The van der Waals surface area contributed by atoms with E-state index in [1.807, 2.05) is 0 Å². The third kappa shape index (κ3) is 82.9. The van der Waals surface area contributed by atoms with Crippen molar-refractivity contribution in [1.29, 1.82) is 0 Å². The van der Waals surface area contributed by atoms with Crippen molar-refractivity contribution in [2.24, 2.45) is 0 Å². The van der Waals surface area contributed by atoms with Crippen LogP contribution in [0, 0.1) is 0 Å². The van der Waals surface area contributed by atoms with Crippen molar-refractivity contribution >= 4 is 41.5 Å². The second-order valence-corrected chi connectivity index (χ2v) is 33.5. The standard InChI is InChI=1S/C99H186N10O38/c1-8-108(9-2,10-3)28-14-18-100-92(110)16-30-121-34-36-124-40-42-127-46-48-130-52-54-133-58-61-136-64-67-139-70-73-142-76-79-145-90-82-89(99(119)103-88-102-94(112)84-104-20-22-105(85-95(113)114)24-26-107(87-97(117)118)27-25-106(23-21-104)86-96(115)116)83-91(98(90)147-81-78-144-75-72-141-69-66-138-63-60-135-57-56-132-51-50-129-45-44-126-39-38-123-33-32-120-7)146-80-77-143-74-71-140-68-65-137-62-59-134-55-53-131-49-47-128-43-41-125-37-35-122-31-17-93(111)101-19-15-29-109(11-4,12-5)13-6/h82-83H,8-81,84-88H2,1-7H3,(H5-2,100,101,102,103,110,111,112,113,114,115,116,117,118,119)/p+2. The molecular weight excluding hydrogens is 1940 g/mol. The van der Waals surface area contributed by atoms with E-state index in [1.54, 1.807) is 26.7 Å². The lowest BCUT2D eigenvalue weighted by molar-refractivity contribution is -0.923. The number of amides is 4. The molecule has 0 unspecified atom stereocenters. The molecule has 0 atom stereocenters. The van der Waals surface area contributed by atoms with Crippen LogP contribution in [0.5, 0.6) is 17.2 Å². The minimum absolute atomic E-state index is 0.000678. The Morgan fingerprint density at radius 3 is 0.680 bits per heavy atom. The van der Waals surface area contributed by atoms with Gasteiger partial charge in [0, 0.05) is 104 Å². The second kappa shape index (κ2) is 100. The van der Waals surface area contributed by atoms with E-state index in [0.717, 1.165) is 74.2 Å². The van der Waals surface area contributed by atoms with Crippen LogP contribution in [0.25, 0.3) is 0 Å². The highest BCUT2D eigenvalue weighted by Gasteiger charge is 2.26. The summed E-state index contributed by atoms with van der Waals surface area (Å²) in [6.07, 6.45) is 2.55. The SMILES string of the molecule is CC[N+](CC)(CC)CCCNC(=O)CCOCCOCCOCCOCCOCCOCCOCCOCCOc1cc(C(=O)NCNC(=O)CN2CCN(CC(=O)O)CCN(CC(=O)O)CCN(CC(=O)O)CC2)cc(OCCOCCOCCOCCOCCOCCOCCOCCOCCC(=O)NCCC[N+](CC)(CC)CC)c1OCCOCCOCCOCCOCCOCCOCCOCCOCCOC. The van der Waals surface area contributed by atoms with Gasteiger partial charge < -0.3 is 178 Å². The normalized spacial score (nSPS) is 13.4. The summed E-state index contributed by atoms with van der Waals surface area (Å²) in [6, 6.07) is 2.93. The summed E-state index contributed by atoms with van der Waals surface area (Å²) in [6.45, 7) is 41.0. The van der Waals surface area contributed by atoms with Crippen LogP contribution in [-0.2, 0) is 147 Å². The minimum Gasteiger partial charge on any atom is -0.487 e. The van der Waals surface area contributed by atoms with E-state index < -0.39 is 29.7 Å². The number of rotatable bonds is 109. The average molecular weight is 2130 g/mol. The lowest BCUT2D eigenvalue weighted by Crippen LogP contribution is -2.50. The minimum atomic E-state index is -1.09. The summed E-state index contributed by atoms with van der Waals surface area (Å²) in [5.74, 6) is -4.05. The number of ether oxygens (including phenoxy) is 28. The van der Waals surface area contributed by atoms with Crippen molar-refractivity contribution in [1.82, 2.24) is 40.9 Å². The molecule has 0 spiro atoms. The molecule has 1 aliphatic rings. The van der Waals surface area contributed by atoms with Crippen LogP contribution >= 0.6 is 0 Å². The zero-order chi connectivity index (χ0) is 107. The fourth-order valence-electron chi connectivity index (χ4n) is 14.2. The number of carbonyl (C=O) groups excluding carboxylic acids is 4. The van der Waals surface area contributed by atoms with Gasteiger partial charge in [0.1, 0.15) is 19.8 Å². The number of carboxylic acids is 3. The summed E-state index contributed by atoms with van der Waals surface area (Å²) in [5, 5.41) is 40.6. The summed E-state index contributed by atoms with van der Waals surface area (Å²) < 4.78 is 161. The van der Waals surface area contributed by atoms with Gasteiger partial charge in [-0.1, -0.05) is 0 Å². The van der Waals surface area contributed by atoms with E-state index in [9.17, 15) is 48.9 Å². The summed E-state index contributed by atoms with van der Waals surface area (Å²) in [4.78, 5) is 94.7. The van der Waals surface area contributed by atoms with Crippen molar-refractivity contribution in [3.05, 3.63) is 17.7 Å². The number of carbonyl (C=O) groups is 7. The highest BCUT2D eigenvalue weighted by atomic mass is 16.6. The van der Waals surface area contributed by atoms with Crippen LogP contribution in [0.2, 0.25) is 0 Å². The van der Waals surface area contributed by atoms with Gasteiger partial charge in [0.05, 0.1) is 409 Å². The van der Waals surface area contributed by atoms with Crippen LogP contribution in [-0.4, -0.2) is 587 Å². The first-order valence-corrected chi connectivity index (χ1v) is 52.6. The largest absolute Gasteiger partial charge is 0.487 e. The number of hydrogen-bond donors (Lipinski definition) is 7. The van der Waals surface area contributed by atoms with E-state index in [-0.39, 0.29) is 199 Å². The first kappa shape index (κ1) is 137. The van der Waals surface area contributed by atoms with Gasteiger partial charge in [0.25, 0.3) is 5.91 Å². The smallest absolute Gasteiger partial charge is 0.317 e. The molecule has 0 aliphatic carbocycles. The Morgan fingerprint density at radius 2 is 0.463 bits per heavy atom. The van der Waals surface area contributed by atoms with Gasteiger partial charge in [0.2, 0.25) is 23.5 Å². The molecule has 1 aromatic carbocycles. The quantitative estimate of drug-likeness (QED) is 0.0268. The first-order chi connectivity index (χ1) is 71.9. The highest BCUT2D eigenvalue weighted by molar-refractivity contribution is 5.96. The first-order valence-electron chi connectivity index (χ1n) is 52.6. The van der Waals surface area contributed by atoms with Gasteiger partial charge >= 0.3 is 17.9 Å². The van der Waals surface area contributed by atoms with Gasteiger partial charge in [-0.3, -0.25) is 53.2 Å². The number of hydrogen-bond acceptors (Lipinski definition) is 39. The number of aliphatic carboxylic acids is 3. The van der Waals surface area contributed by atoms with Crippen molar-refractivity contribution in [2.45, 2.75) is 67.2 Å². The van der Waals surface area contributed by atoms with Gasteiger partial charge in [-0.15, -0.1) is 0 Å². The molecule has 4 amide bonds. The number of nitrogens with zero attached hydrogens (tertiary/aromatic N) is 6. The zero-order valence-electron chi connectivity index (χ0n) is 89.8. The van der Waals surface area contributed by atoms with E-state index in [2.05, 4.69) is 62.8 Å². The van der Waals surface area contributed by atoms with Crippen LogP contribution < -0.4 is 35.5 Å². The number of nitrogens with one attached hydrogen (secondary N) is 4. The molecule has 0 radical (unpaired) electrons. The number of carboxylic acid groups (broad SMARTS) is 3. The fraction of sp³-hybridized carbons (Fsp3) is 0.869. The number of quaternary nitrogens is 2. The van der Waals surface area contributed by atoms with Crippen molar-refractivity contribution in [3.63, 3.8) is 0 Å². The zero-order valence-corrected chi connectivity index (χ0v) is 89.8. The Morgan fingerprint density at radius 1 is 0.259 bits per heavy atom. The van der Waals surface area contributed by atoms with Crippen LogP contribution in [0.15, 0.2) is 12.1 Å². The summed E-state index contributed by atoms with van der Waals surface area (Å²) in [5.41, 5.74) is 0.0576. The molecule has 0 aromatic heterocycles. The Labute approximate surface area is 872 Å². The van der Waals surface area contributed by atoms with Crippen LogP contribution in [0.4, 0.5) is 0 Å². The van der Waals surface area contributed by atoms with Crippen LogP contribution in [0.3, 0.4) is 0 Å². The Balaban J connectivity index is 1.99. The molecule has 1 aromatic rings. The van der Waals surface area contributed by atoms with Crippen molar-refractivity contribution in [3.8, 4) is 17.2 Å². The molecule has 7 N–H and O–H groups in total. The fourth-order valence-corrected chi connectivity index (χ4v) is 14.2.